The minimum atomic E-state index is 0.392. The Kier molecular flexibility index (Phi) is 5.15. The van der Waals surface area contributed by atoms with E-state index in [1.165, 1.54) is 17.5 Å². The molecule has 2 rings (SSSR count). The Morgan fingerprint density at radius 3 is 2.37 bits per heavy atom. The highest BCUT2D eigenvalue weighted by Crippen LogP contribution is 2.33. The van der Waals surface area contributed by atoms with Crippen LogP contribution < -0.4 is 5.32 Å². The molecule has 1 unspecified atom stereocenters. The van der Waals surface area contributed by atoms with Crippen molar-refractivity contribution in [3.8, 4) is 0 Å². The highest BCUT2D eigenvalue weighted by atomic mass is 16.1. The van der Waals surface area contributed by atoms with Crippen molar-refractivity contribution < 1.29 is 4.79 Å². The molecule has 19 heavy (non-hydrogen) atoms. The van der Waals surface area contributed by atoms with E-state index >= 15 is 0 Å². The summed E-state index contributed by atoms with van der Waals surface area (Å²) in [5.41, 5.74) is 2.78. The molecule has 0 amide bonds. The molecule has 1 aromatic carbocycles. The van der Waals surface area contributed by atoms with E-state index < -0.39 is 0 Å². The number of Topliss-reactive ketones (excluding diaryl/α,β-unsaturated/α-hetero) is 1. The third-order valence-corrected chi connectivity index (χ3v) is 4.25. The largest absolute Gasteiger partial charge is 0.313 e. The molecule has 0 saturated heterocycles. The molecule has 0 aliphatic heterocycles. The maximum atomic E-state index is 11.4. The van der Waals surface area contributed by atoms with Crippen LogP contribution in [0.3, 0.4) is 0 Å². The average molecular weight is 259 g/mol. The second-order valence-corrected chi connectivity index (χ2v) is 5.63. The summed E-state index contributed by atoms with van der Waals surface area (Å²) in [4.78, 5) is 11.4. The number of benzene rings is 1. The lowest BCUT2D eigenvalue weighted by molar-refractivity contribution is -0.121. The number of ketones is 1. The van der Waals surface area contributed by atoms with Gasteiger partial charge >= 0.3 is 0 Å². The van der Waals surface area contributed by atoms with Gasteiger partial charge in [-0.2, -0.15) is 0 Å². The van der Waals surface area contributed by atoms with Crippen LogP contribution in [0.4, 0.5) is 0 Å². The van der Waals surface area contributed by atoms with Crippen LogP contribution in [0, 0.1) is 5.92 Å². The molecular weight excluding hydrogens is 234 g/mol. The predicted molar refractivity (Wildman–Crippen MR) is 79.2 cm³/mol. The summed E-state index contributed by atoms with van der Waals surface area (Å²) in [6, 6.07) is 9.39. The van der Waals surface area contributed by atoms with Crippen LogP contribution in [0.1, 0.15) is 56.2 Å². The quantitative estimate of drug-likeness (QED) is 0.874. The first-order valence-electron chi connectivity index (χ1n) is 7.52. The Morgan fingerprint density at radius 2 is 1.84 bits per heavy atom. The Hall–Kier alpha value is -1.15. The van der Waals surface area contributed by atoms with E-state index in [-0.39, 0.29) is 0 Å². The van der Waals surface area contributed by atoms with E-state index in [0.29, 0.717) is 17.7 Å². The molecule has 1 aliphatic carbocycles. The van der Waals surface area contributed by atoms with Gasteiger partial charge in [0.05, 0.1) is 0 Å². The molecule has 104 valence electrons. The summed E-state index contributed by atoms with van der Waals surface area (Å²) in [7, 11) is 2.03. The number of carbonyl (C=O) groups is 1. The zero-order chi connectivity index (χ0) is 13.7. The molecule has 1 fully saturated rings. The zero-order valence-electron chi connectivity index (χ0n) is 12.1. The normalized spacial score (nSPS) is 18.5. The molecule has 0 heterocycles. The van der Waals surface area contributed by atoms with Crippen LogP contribution in [0.15, 0.2) is 24.3 Å². The average Bonchev–Trinajstić information content (AvgIpc) is 2.44. The van der Waals surface area contributed by atoms with Crippen LogP contribution in [0.25, 0.3) is 0 Å². The van der Waals surface area contributed by atoms with Crippen LogP contribution >= 0.6 is 0 Å². The maximum Gasteiger partial charge on any atom is 0.132 e. The molecule has 1 N–H and O–H groups in total. The minimum Gasteiger partial charge on any atom is -0.313 e. The Bertz CT molecular complexity index is 400. The molecule has 0 spiro atoms. The standard InChI is InChI=1S/C17H25NO/c1-3-4-13-5-7-14(8-6-13)17(18-2)15-9-11-16(19)12-10-15/h5-8,15,17-18H,3-4,9-12H2,1-2H3. The Labute approximate surface area is 116 Å². The van der Waals surface area contributed by atoms with E-state index in [1.807, 2.05) is 7.05 Å². The van der Waals surface area contributed by atoms with E-state index in [9.17, 15) is 4.79 Å². The molecular formula is C17H25NO. The first-order chi connectivity index (χ1) is 9.24. The predicted octanol–water partition coefficient (Wildman–Crippen LogP) is 3.66. The van der Waals surface area contributed by atoms with Gasteiger partial charge in [0, 0.05) is 18.9 Å². The van der Waals surface area contributed by atoms with E-state index in [0.717, 1.165) is 32.1 Å². The molecule has 1 saturated carbocycles. The first-order valence-corrected chi connectivity index (χ1v) is 7.52. The van der Waals surface area contributed by atoms with Crippen molar-refractivity contribution >= 4 is 5.78 Å². The van der Waals surface area contributed by atoms with Crippen molar-refractivity contribution in [2.24, 2.45) is 5.92 Å². The van der Waals surface area contributed by atoms with Crippen LogP contribution in [-0.2, 0) is 11.2 Å². The lowest BCUT2D eigenvalue weighted by atomic mass is 9.80. The lowest BCUT2D eigenvalue weighted by Crippen LogP contribution is -2.28. The highest BCUT2D eigenvalue weighted by molar-refractivity contribution is 5.79. The fraction of sp³-hybridized carbons (Fsp3) is 0.588. The summed E-state index contributed by atoms with van der Waals surface area (Å²) < 4.78 is 0. The Morgan fingerprint density at radius 1 is 1.21 bits per heavy atom. The van der Waals surface area contributed by atoms with Gasteiger partial charge in [-0.05, 0) is 43.4 Å². The van der Waals surface area contributed by atoms with Crippen LogP contribution in [0.5, 0.6) is 0 Å². The van der Waals surface area contributed by atoms with E-state index in [2.05, 4.69) is 36.5 Å². The van der Waals surface area contributed by atoms with Gasteiger partial charge in [-0.3, -0.25) is 4.79 Å². The molecule has 1 aromatic rings. The number of nitrogens with one attached hydrogen (secondary N) is 1. The van der Waals surface area contributed by atoms with Crippen molar-refractivity contribution in [1.82, 2.24) is 5.32 Å². The van der Waals surface area contributed by atoms with Gasteiger partial charge < -0.3 is 5.32 Å². The fourth-order valence-corrected chi connectivity index (χ4v) is 3.15. The number of aryl methyl sites for hydroxylation is 1. The van der Waals surface area contributed by atoms with Gasteiger partial charge in [0.15, 0.2) is 0 Å². The maximum absolute atomic E-state index is 11.4. The van der Waals surface area contributed by atoms with Gasteiger partial charge in [-0.15, -0.1) is 0 Å². The van der Waals surface area contributed by atoms with Crippen LogP contribution in [-0.4, -0.2) is 12.8 Å². The number of hydrogen-bond donors (Lipinski definition) is 1. The molecule has 0 radical (unpaired) electrons. The number of hydrogen-bond acceptors (Lipinski definition) is 2. The molecule has 0 aromatic heterocycles. The van der Waals surface area contributed by atoms with Gasteiger partial charge in [0.1, 0.15) is 5.78 Å². The summed E-state index contributed by atoms with van der Waals surface area (Å²) in [6.07, 6.45) is 5.93. The summed E-state index contributed by atoms with van der Waals surface area (Å²) >= 11 is 0. The van der Waals surface area contributed by atoms with Crippen molar-refractivity contribution in [1.29, 1.82) is 0 Å². The highest BCUT2D eigenvalue weighted by Gasteiger charge is 2.26. The van der Waals surface area contributed by atoms with Crippen molar-refractivity contribution in [2.45, 2.75) is 51.5 Å². The molecule has 2 heteroatoms. The third kappa shape index (κ3) is 3.66. The molecule has 0 bridgehead atoms. The second-order valence-electron chi connectivity index (χ2n) is 5.63. The minimum absolute atomic E-state index is 0.392. The zero-order valence-corrected chi connectivity index (χ0v) is 12.1. The molecule has 2 nitrogen and oxygen atoms in total. The first kappa shape index (κ1) is 14.3. The van der Waals surface area contributed by atoms with Crippen molar-refractivity contribution in [2.75, 3.05) is 7.05 Å². The summed E-state index contributed by atoms with van der Waals surface area (Å²) in [5.74, 6) is 1.03. The van der Waals surface area contributed by atoms with Gasteiger partial charge in [0.25, 0.3) is 0 Å². The number of carbonyl (C=O) groups excluding carboxylic acids is 1. The fourth-order valence-electron chi connectivity index (χ4n) is 3.15. The monoisotopic (exact) mass is 259 g/mol. The Balaban J connectivity index is 2.06. The van der Waals surface area contributed by atoms with E-state index in [4.69, 9.17) is 0 Å². The van der Waals surface area contributed by atoms with Gasteiger partial charge in [-0.25, -0.2) is 0 Å². The van der Waals surface area contributed by atoms with Crippen molar-refractivity contribution in [3.63, 3.8) is 0 Å². The lowest BCUT2D eigenvalue weighted by Gasteiger charge is -2.30. The van der Waals surface area contributed by atoms with Gasteiger partial charge in [-0.1, -0.05) is 37.6 Å². The molecule has 1 atom stereocenters. The third-order valence-electron chi connectivity index (χ3n) is 4.25. The van der Waals surface area contributed by atoms with Crippen LogP contribution in [0.2, 0.25) is 0 Å². The summed E-state index contributed by atoms with van der Waals surface area (Å²) in [5, 5.41) is 3.44. The smallest absolute Gasteiger partial charge is 0.132 e. The van der Waals surface area contributed by atoms with E-state index in [1.54, 1.807) is 0 Å². The van der Waals surface area contributed by atoms with Crippen molar-refractivity contribution in [3.05, 3.63) is 35.4 Å². The second kappa shape index (κ2) is 6.85. The summed E-state index contributed by atoms with van der Waals surface area (Å²) in [6.45, 7) is 2.21. The van der Waals surface area contributed by atoms with Gasteiger partial charge in [0.2, 0.25) is 0 Å². The molecule has 1 aliphatic rings. The number of rotatable bonds is 5. The topological polar surface area (TPSA) is 29.1 Å². The SMILES string of the molecule is CCCc1ccc(C(NC)C2CCC(=O)CC2)cc1.